The zero-order valence-corrected chi connectivity index (χ0v) is 14.7. The molecular weight excluding hydrogens is 294 g/mol. The molecule has 0 bridgehead atoms. The van der Waals surface area contributed by atoms with E-state index < -0.39 is 0 Å². The molecule has 1 aromatic rings. The largest absolute Gasteiger partial charge is 0.493 e. The average molecular weight is 321 g/mol. The van der Waals surface area contributed by atoms with E-state index in [2.05, 4.69) is 0 Å². The van der Waals surface area contributed by atoms with Crippen molar-refractivity contribution in [1.29, 1.82) is 0 Å². The first-order valence-electron chi connectivity index (χ1n) is 8.11. The third-order valence-corrected chi connectivity index (χ3v) is 4.13. The molecule has 1 aliphatic carbocycles. The van der Waals surface area contributed by atoms with Gasteiger partial charge in [0.25, 0.3) is 0 Å². The van der Waals surface area contributed by atoms with Crippen LogP contribution in [0.15, 0.2) is 12.1 Å². The molecule has 23 heavy (non-hydrogen) atoms. The number of nitrogens with zero attached hydrogens (tertiary/aromatic N) is 1. The molecule has 0 N–H and O–H groups in total. The third-order valence-electron chi connectivity index (χ3n) is 4.13. The molecule has 0 atom stereocenters. The van der Waals surface area contributed by atoms with Crippen molar-refractivity contribution in [2.24, 2.45) is 5.92 Å². The fourth-order valence-corrected chi connectivity index (χ4v) is 2.72. The first-order chi connectivity index (χ1) is 11.0. The minimum Gasteiger partial charge on any atom is -0.493 e. The van der Waals surface area contributed by atoms with Crippen molar-refractivity contribution in [3.05, 3.63) is 17.7 Å². The Morgan fingerprint density at radius 1 is 1.13 bits per heavy atom. The molecule has 2 rings (SSSR count). The van der Waals surface area contributed by atoms with E-state index >= 15 is 0 Å². The number of hydrogen-bond donors (Lipinski definition) is 0. The molecule has 0 radical (unpaired) electrons. The Kier molecular flexibility index (Phi) is 5.74. The summed E-state index contributed by atoms with van der Waals surface area (Å²) in [5, 5.41) is 0. The van der Waals surface area contributed by atoms with E-state index in [0.717, 1.165) is 31.4 Å². The molecule has 5 heteroatoms. The second kappa shape index (κ2) is 7.57. The number of ether oxygens (including phenoxy) is 3. The van der Waals surface area contributed by atoms with Gasteiger partial charge in [-0.3, -0.25) is 4.79 Å². The predicted molar refractivity (Wildman–Crippen MR) is 89.4 cm³/mol. The van der Waals surface area contributed by atoms with E-state index in [1.54, 1.807) is 21.3 Å². The van der Waals surface area contributed by atoms with Crippen molar-refractivity contribution in [3.63, 3.8) is 0 Å². The van der Waals surface area contributed by atoms with Crippen molar-refractivity contribution in [2.75, 3.05) is 27.9 Å². The smallest absolute Gasteiger partial charge is 0.225 e. The zero-order valence-electron chi connectivity index (χ0n) is 14.7. The Hall–Kier alpha value is -1.91. The molecule has 1 amide bonds. The molecule has 0 spiro atoms. The van der Waals surface area contributed by atoms with Crippen LogP contribution in [-0.2, 0) is 11.2 Å². The lowest BCUT2D eigenvalue weighted by atomic mass is 10.1. The van der Waals surface area contributed by atoms with Gasteiger partial charge in [0, 0.05) is 18.5 Å². The number of rotatable bonds is 8. The standard InChI is InChI=1S/C18H27NO4/c1-12(2)18(20)19(14-6-7-14)9-8-13-10-15(21-3)17(23-5)16(11-13)22-4/h10-12,14H,6-9H2,1-5H3. The van der Waals surface area contributed by atoms with Gasteiger partial charge in [-0.15, -0.1) is 0 Å². The van der Waals surface area contributed by atoms with Crippen LogP contribution in [0.1, 0.15) is 32.3 Å². The molecule has 1 saturated carbocycles. The highest BCUT2D eigenvalue weighted by Crippen LogP contribution is 2.38. The summed E-state index contributed by atoms with van der Waals surface area (Å²) in [6, 6.07) is 4.32. The number of methoxy groups -OCH3 is 3. The lowest BCUT2D eigenvalue weighted by Gasteiger charge is -2.24. The summed E-state index contributed by atoms with van der Waals surface area (Å²) in [5.41, 5.74) is 1.07. The van der Waals surface area contributed by atoms with Crippen molar-refractivity contribution >= 4 is 5.91 Å². The molecule has 0 aliphatic heterocycles. The maximum Gasteiger partial charge on any atom is 0.225 e. The van der Waals surface area contributed by atoms with Crippen LogP contribution in [0.2, 0.25) is 0 Å². The summed E-state index contributed by atoms with van der Waals surface area (Å²) in [5.74, 6) is 2.16. The Balaban J connectivity index is 2.14. The van der Waals surface area contributed by atoms with Gasteiger partial charge in [-0.1, -0.05) is 13.8 Å². The minimum absolute atomic E-state index is 0.0375. The van der Waals surface area contributed by atoms with Crippen molar-refractivity contribution < 1.29 is 19.0 Å². The third kappa shape index (κ3) is 4.09. The second-order valence-corrected chi connectivity index (χ2v) is 6.20. The van der Waals surface area contributed by atoms with Crippen LogP contribution < -0.4 is 14.2 Å². The van der Waals surface area contributed by atoms with Crippen molar-refractivity contribution in [3.8, 4) is 17.2 Å². The van der Waals surface area contributed by atoms with Gasteiger partial charge in [-0.05, 0) is 37.0 Å². The fraction of sp³-hybridized carbons (Fsp3) is 0.611. The molecular formula is C18H27NO4. The Morgan fingerprint density at radius 3 is 2.09 bits per heavy atom. The molecule has 5 nitrogen and oxygen atoms in total. The highest BCUT2D eigenvalue weighted by Gasteiger charge is 2.33. The Labute approximate surface area is 138 Å². The van der Waals surface area contributed by atoms with E-state index in [1.165, 1.54) is 0 Å². The maximum atomic E-state index is 12.3. The van der Waals surface area contributed by atoms with Crippen molar-refractivity contribution in [1.82, 2.24) is 4.90 Å². The second-order valence-electron chi connectivity index (χ2n) is 6.20. The molecule has 0 saturated heterocycles. The van der Waals surface area contributed by atoms with Crippen LogP contribution in [0.25, 0.3) is 0 Å². The Morgan fingerprint density at radius 2 is 1.70 bits per heavy atom. The number of carbonyl (C=O) groups excluding carboxylic acids is 1. The molecule has 0 aromatic heterocycles. The van der Waals surface area contributed by atoms with E-state index in [1.807, 2.05) is 30.9 Å². The van der Waals surface area contributed by atoms with E-state index in [0.29, 0.717) is 23.3 Å². The van der Waals surface area contributed by atoms with Gasteiger partial charge in [0.05, 0.1) is 21.3 Å². The normalized spacial score (nSPS) is 13.8. The van der Waals surface area contributed by atoms with E-state index in [4.69, 9.17) is 14.2 Å². The number of hydrogen-bond acceptors (Lipinski definition) is 4. The lowest BCUT2D eigenvalue weighted by molar-refractivity contribution is -0.135. The number of carbonyl (C=O) groups is 1. The summed E-state index contributed by atoms with van der Waals surface area (Å²) >= 11 is 0. The summed E-state index contributed by atoms with van der Waals surface area (Å²) in [7, 11) is 4.82. The molecule has 1 aromatic carbocycles. The highest BCUT2D eigenvalue weighted by molar-refractivity contribution is 5.78. The molecule has 0 heterocycles. The van der Waals surface area contributed by atoms with Crippen LogP contribution in [0.5, 0.6) is 17.2 Å². The monoisotopic (exact) mass is 321 g/mol. The van der Waals surface area contributed by atoms with E-state index in [-0.39, 0.29) is 11.8 Å². The van der Waals surface area contributed by atoms with Gasteiger partial charge in [0.1, 0.15) is 0 Å². The van der Waals surface area contributed by atoms with Crippen LogP contribution >= 0.6 is 0 Å². The van der Waals surface area contributed by atoms with Crippen LogP contribution in [-0.4, -0.2) is 44.7 Å². The zero-order chi connectivity index (χ0) is 17.0. The SMILES string of the molecule is COc1cc(CCN(C(=O)C(C)C)C2CC2)cc(OC)c1OC. The lowest BCUT2D eigenvalue weighted by Crippen LogP contribution is -2.37. The minimum atomic E-state index is 0.0375. The van der Waals surface area contributed by atoms with Crippen LogP contribution in [0.4, 0.5) is 0 Å². The molecule has 128 valence electrons. The van der Waals surface area contributed by atoms with Gasteiger partial charge in [-0.2, -0.15) is 0 Å². The topological polar surface area (TPSA) is 48.0 Å². The maximum absolute atomic E-state index is 12.3. The average Bonchev–Trinajstić information content (AvgIpc) is 3.38. The first-order valence-corrected chi connectivity index (χ1v) is 8.11. The van der Waals surface area contributed by atoms with Gasteiger partial charge in [0.2, 0.25) is 11.7 Å². The summed E-state index contributed by atoms with van der Waals surface area (Å²) in [6.45, 7) is 4.63. The fourth-order valence-electron chi connectivity index (χ4n) is 2.72. The summed E-state index contributed by atoms with van der Waals surface area (Å²) in [6.07, 6.45) is 3.01. The van der Waals surface area contributed by atoms with Crippen LogP contribution in [0.3, 0.4) is 0 Å². The first kappa shape index (κ1) is 17.4. The van der Waals surface area contributed by atoms with Gasteiger partial charge >= 0.3 is 0 Å². The number of benzene rings is 1. The highest BCUT2D eigenvalue weighted by atomic mass is 16.5. The number of amides is 1. The Bertz CT molecular complexity index is 527. The predicted octanol–water partition coefficient (Wildman–Crippen LogP) is 2.90. The molecule has 0 unspecified atom stereocenters. The van der Waals surface area contributed by atoms with E-state index in [9.17, 15) is 4.79 Å². The quantitative estimate of drug-likeness (QED) is 0.739. The summed E-state index contributed by atoms with van der Waals surface area (Å²) < 4.78 is 16.1. The van der Waals surface area contributed by atoms with Gasteiger partial charge in [0.15, 0.2) is 11.5 Å². The van der Waals surface area contributed by atoms with Crippen molar-refractivity contribution in [2.45, 2.75) is 39.2 Å². The van der Waals surface area contributed by atoms with Gasteiger partial charge in [-0.25, -0.2) is 0 Å². The summed E-state index contributed by atoms with van der Waals surface area (Å²) in [4.78, 5) is 14.4. The molecule has 1 aliphatic rings. The van der Waals surface area contributed by atoms with Gasteiger partial charge < -0.3 is 19.1 Å². The van der Waals surface area contributed by atoms with Crippen LogP contribution in [0, 0.1) is 5.92 Å². The molecule has 1 fully saturated rings.